The first-order valence-corrected chi connectivity index (χ1v) is 8.70. The van der Waals surface area contributed by atoms with Gasteiger partial charge in [0.05, 0.1) is 4.90 Å². The highest BCUT2D eigenvalue weighted by Crippen LogP contribution is 2.21. The number of thiol groups is 1. The third kappa shape index (κ3) is 4.15. The van der Waals surface area contributed by atoms with E-state index in [-0.39, 0.29) is 11.5 Å². The molecule has 0 fully saturated rings. The van der Waals surface area contributed by atoms with Crippen LogP contribution >= 0.6 is 24.2 Å². The van der Waals surface area contributed by atoms with Crippen LogP contribution in [0.5, 0.6) is 5.75 Å². The van der Waals surface area contributed by atoms with E-state index in [0.29, 0.717) is 10.8 Å². The van der Waals surface area contributed by atoms with Crippen LogP contribution in [0.2, 0.25) is 5.02 Å². The molecule has 0 radical (unpaired) electrons. The van der Waals surface area contributed by atoms with Crippen molar-refractivity contribution in [2.75, 3.05) is 6.61 Å². The summed E-state index contributed by atoms with van der Waals surface area (Å²) in [6, 6.07) is 13.5. The third-order valence-electron chi connectivity index (χ3n) is 2.88. The minimum Gasteiger partial charge on any atom is -0.491 e. The summed E-state index contributed by atoms with van der Waals surface area (Å²) in [6.45, 7) is 1.80. The molecule has 0 aliphatic rings. The number of hydrogen-bond acceptors (Lipinski definition) is 4. The molecule has 1 atom stereocenters. The van der Waals surface area contributed by atoms with Gasteiger partial charge in [0.1, 0.15) is 16.9 Å². The lowest BCUT2D eigenvalue weighted by molar-refractivity contribution is 0.334. The number of sulfone groups is 1. The fourth-order valence-electron chi connectivity index (χ4n) is 1.74. The van der Waals surface area contributed by atoms with Crippen LogP contribution in [-0.2, 0) is 9.84 Å². The van der Waals surface area contributed by atoms with Crippen molar-refractivity contribution in [1.29, 1.82) is 0 Å². The predicted molar refractivity (Wildman–Crippen MR) is 88.1 cm³/mol. The van der Waals surface area contributed by atoms with Crippen molar-refractivity contribution in [1.82, 2.24) is 0 Å². The van der Waals surface area contributed by atoms with Gasteiger partial charge in [-0.05, 0) is 48.9 Å². The maximum Gasteiger partial charge on any atom is 0.193 e. The molecule has 2 aromatic rings. The topological polar surface area (TPSA) is 43.4 Å². The van der Waals surface area contributed by atoms with Gasteiger partial charge in [-0.25, -0.2) is 8.42 Å². The molecule has 0 saturated carbocycles. The predicted octanol–water partition coefficient (Wildman–Crippen LogP) is 3.76. The van der Waals surface area contributed by atoms with E-state index in [9.17, 15) is 8.42 Å². The Morgan fingerprint density at radius 1 is 1.19 bits per heavy atom. The van der Waals surface area contributed by atoms with E-state index >= 15 is 0 Å². The van der Waals surface area contributed by atoms with Crippen LogP contribution in [0.4, 0.5) is 0 Å². The summed E-state index contributed by atoms with van der Waals surface area (Å²) < 4.78 is 29.3. The number of benzene rings is 2. The molecule has 0 spiro atoms. The van der Waals surface area contributed by atoms with Crippen LogP contribution in [0.25, 0.3) is 0 Å². The smallest absolute Gasteiger partial charge is 0.193 e. The molecule has 21 heavy (non-hydrogen) atoms. The highest BCUT2D eigenvalue weighted by atomic mass is 35.5. The summed E-state index contributed by atoms with van der Waals surface area (Å²) >= 11 is 9.94. The Bertz CT molecular complexity index is 712. The van der Waals surface area contributed by atoms with Crippen LogP contribution < -0.4 is 4.74 Å². The molecule has 0 bridgehead atoms. The monoisotopic (exact) mass is 342 g/mol. The van der Waals surface area contributed by atoms with Gasteiger partial charge >= 0.3 is 0 Å². The third-order valence-corrected chi connectivity index (χ3v) is 5.88. The number of aryl methyl sites for hydroxylation is 1. The van der Waals surface area contributed by atoms with Gasteiger partial charge in [0.2, 0.25) is 0 Å². The van der Waals surface area contributed by atoms with Gasteiger partial charge in [0, 0.05) is 5.02 Å². The van der Waals surface area contributed by atoms with E-state index < -0.39 is 14.4 Å². The van der Waals surface area contributed by atoms with E-state index in [1.165, 1.54) is 0 Å². The molecule has 3 nitrogen and oxygen atoms in total. The summed E-state index contributed by atoms with van der Waals surface area (Å²) in [5.74, 6) is 0.554. The Morgan fingerprint density at radius 3 is 2.48 bits per heavy atom. The van der Waals surface area contributed by atoms with E-state index in [4.69, 9.17) is 16.3 Å². The molecule has 0 aliphatic heterocycles. The highest BCUT2D eigenvalue weighted by Gasteiger charge is 2.25. The quantitative estimate of drug-likeness (QED) is 0.841. The Morgan fingerprint density at radius 2 is 1.86 bits per heavy atom. The zero-order valence-electron chi connectivity index (χ0n) is 11.4. The van der Waals surface area contributed by atoms with Crippen molar-refractivity contribution in [2.45, 2.75) is 16.4 Å². The maximum atomic E-state index is 12.4. The molecule has 0 aliphatic carbocycles. The number of halogens is 1. The average Bonchev–Trinajstić information content (AvgIpc) is 2.46. The second-order valence-electron chi connectivity index (χ2n) is 4.58. The molecule has 0 aromatic heterocycles. The van der Waals surface area contributed by atoms with E-state index in [0.717, 1.165) is 5.56 Å². The Hall–Kier alpha value is -1.17. The zero-order chi connectivity index (χ0) is 15.5. The number of rotatable bonds is 5. The minimum atomic E-state index is -3.53. The van der Waals surface area contributed by atoms with Crippen LogP contribution in [0.1, 0.15) is 5.56 Å². The van der Waals surface area contributed by atoms with Crippen LogP contribution in [0.3, 0.4) is 0 Å². The van der Waals surface area contributed by atoms with Crippen LogP contribution in [0, 0.1) is 6.92 Å². The molecular formula is C15H15ClO3S2. The van der Waals surface area contributed by atoms with Crippen molar-refractivity contribution >= 4 is 34.1 Å². The molecule has 112 valence electrons. The van der Waals surface area contributed by atoms with Crippen LogP contribution in [0.15, 0.2) is 53.4 Å². The van der Waals surface area contributed by atoms with Crippen molar-refractivity contribution in [3.8, 4) is 5.75 Å². The molecule has 6 heteroatoms. The number of hydrogen-bond donors (Lipinski definition) is 1. The zero-order valence-corrected chi connectivity index (χ0v) is 13.8. The van der Waals surface area contributed by atoms with Gasteiger partial charge in [0.15, 0.2) is 9.84 Å². The molecule has 2 aromatic carbocycles. The summed E-state index contributed by atoms with van der Waals surface area (Å²) in [4.78, 5) is 0.252. The second kappa shape index (κ2) is 6.73. The second-order valence-corrected chi connectivity index (χ2v) is 8.12. The first kappa shape index (κ1) is 16.2. The van der Waals surface area contributed by atoms with Crippen molar-refractivity contribution < 1.29 is 13.2 Å². The summed E-state index contributed by atoms with van der Waals surface area (Å²) in [6.07, 6.45) is 0. The summed E-state index contributed by atoms with van der Waals surface area (Å²) in [5.41, 5.74) is 0.884. The van der Waals surface area contributed by atoms with Crippen molar-refractivity contribution in [3.63, 3.8) is 0 Å². The lowest BCUT2D eigenvalue weighted by Crippen LogP contribution is -2.23. The summed E-state index contributed by atoms with van der Waals surface area (Å²) in [5, 5.41) is 0.595. The van der Waals surface area contributed by atoms with Gasteiger partial charge in [-0.3, -0.25) is 0 Å². The maximum absolute atomic E-state index is 12.4. The molecule has 0 amide bonds. The Balaban J connectivity index is 2.08. The molecule has 0 heterocycles. The van der Waals surface area contributed by atoms with Gasteiger partial charge in [-0.15, -0.1) is 0 Å². The highest BCUT2D eigenvalue weighted by molar-refractivity contribution is 8.05. The van der Waals surface area contributed by atoms with Crippen LogP contribution in [-0.4, -0.2) is 19.6 Å². The first-order valence-electron chi connectivity index (χ1n) is 6.26. The normalized spacial score (nSPS) is 12.9. The number of ether oxygens (including phenoxy) is 1. The van der Waals surface area contributed by atoms with Gasteiger partial charge in [0.25, 0.3) is 0 Å². The standard InChI is InChI=1S/C15H15ClO3S2/c1-11-3-2-4-14(9-11)21(17,18)15(20)10-19-13-7-5-12(16)6-8-13/h2-9,15,20H,10H2,1H3. The first-order chi connectivity index (χ1) is 9.89. The lowest BCUT2D eigenvalue weighted by Gasteiger charge is -2.14. The fraction of sp³-hybridized carbons (Fsp3) is 0.200. The summed E-state index contributed by atoms with van der Waals surface area (Å²) in [7, 11) is -3.53. The molecule has 2 rings (SSSR count). The van der Waals surface area contributed by atoms with Gasteiger partial charge in [-0.2, -0.15) is 12.6 Å². The van der Waals surface area contributed by atoms with Crippen molar-refractivity contribution in [2.24, 2.45) is 0 Å². The lowest BCUT2D eigenvalue weighted by atomic mass is 10.2. The Kier molecular flexibility index (Phi) is 5.19. The Labute approximate surface area is 135 Å². The van der Waals surface area contributed by atoms with E-state index in [2.05, 4.69) is 12.6 Å². The van der Waals surface area contributed by atoms with Crippen molar-refractivity contribution in [3.05, 3.63) is 59.1 Å². The minimum absolute atomic E-state index is 0.0407. The molecule has 1 unspecified atom stereocenters. The molecule has 0 N–H and O–H groups in total. The fourth-order valence-corrected chi connectivity index (χ4v) is 3.48. The average molecular weight is 343 g/mol. The molecular weight excluding hydrogens is 328 g/mol. The largest absolute Gasteiger partial charge is 0.491 e. The van der Waals surface area contributed by atoms with Gasteiger partial charge in [-0.1, -0.05) is 23.7 Å². The van der Waals surface area contributed by atoms with Gasteiger partial charge < -0.3 is 4.74 Å². The van der Waals surface area contributed by atoms with E-state index in [1.807, 2.05) is 13.0 Å². The van der Waals surface area contributed by atoms with E-state index in [1.54, 1.807) is 42.5 Å². The molecule has 0 saturated heterocycles. The SMILES string of the molecule is Cc1cccc(S(=O)(=O)C(S)COc2ccc(Cl)cc2)c1.